The van der Waals surface area contributed by atoms with Gasteiger partial charge in [-0.2, -0.15) is 9.97 Å². The minimum Gasteiger partial charge on any atom is -0.479 e. The molecule has 0 aromatic carbocycles. The zero-order valence-corrected chi connectivity index (χ0v) is 10.8. The summed E-state index contributed by atoms with van der Waals surface area (Å²) in [6, 6.07) is 0. The van der Waals surface area contributed by atoms with Crippen molar-refractivity contribution in [3.63, 3.8) is 0 Å². The Labute approximate surface area is 114 Å². The maximum Gasteiger partial charge on any atom is 0.246 e. The van der Waals surface area contributed by atoms with Gasteiger partial charge in [0.05, 0.1) is 26.1 Å². The Morgan fingerprint density at radius 3 is 3.00 bits per heavy atom. The first kappa shape index (κ1) is 13.0. The Hall–Kier alpha value is -1.97. The lowest BCUT2D eigenvalue weighted by molar-refractivity contribution is -0.0432. The third kappa shape index (κ3) is 1.96. The van der Waals surface area contributed by atoms with Gasteiger partial charge in [-0.25, -0.2) is 4.98 Å². The number of aliphatic hydroxyl groups is 2. The molecule has 3 atom stereocenters. The van der Waals surface area contributed by atoms with Crippen molar-refractivity contribution in [2.24, 2.45) is 0 Å². The summed E-state index contributed by atoms with van der Waals surface area (Å²) in [6.07, 6.45) is 0.0506. The number of nitrogen functional groups attached to an aromatic ring is 1. The smallest absolute Gasteiger partial charge is 0.246 e. The van der Waals surface area contributed by atoms with Gasteiger partial charge in [0.25, 0.3) is 0 Å². The molecule has 0 bridgehead atoms. The molecule has 4 N–H and O–H groups in total. The Morgan fingerprint density at radius 1 is 1.55 bits per heavy atom. The highest BCUT2D eigenvalue weighted by Gasteiger charge is 2.35. The van der Waals surface area contributed by atoms with Gasteiger partial charge in [-0.05, 0) is 0 Å². The maximum absolute atomic E-state index is 9.78. The Kier molecular flexibility index (Phi) is 3.16. The van der Waals surface area contributed by atoms with Crippen LogP contribution < -0.4 is 10.5 Å². The molecule has 1 aliphatic heterocycles. The largest absolute Gasteiger partial charge is 0.479 e. The number of imidazole rings is 1. The molecule has 108 valence electrons. The number of hydrogen-bond donors (Lipinski definition) is 3. The molecule has 0 unspecified atom stereocenters. The number of aromatic nitrogens is 4. The molecule has 2 aromatic heterocycles. The van der Waals surface area contributed by atoms with Crippen LogP contribution in [0, 0.1) is 0 Å². The molecule has 9 nitrogen and oxygen atoms in total. The van der Waals surface area contributed by atoms with Crippen LogP contribution in [0.2, 0.25) is 0 Å². The molecule has 0 radical (unpaired) electrons. The van der Waals surface area contributed by atoms with Gasteiger partial charge in [0.1, 0.15) is 12.3 Å². The van der Waals surface area contributed by atoms with Gasteiger partial charge in [0, 0.05) is 6.42 Å². The second kappa shape index (κ2) is 4.85. The van der Waals surface area contributed by atoms with Crippen LogP contribution in [-0.2, 0) is 4.74 Å². The SMILES string of the molecule is COc1nc(N)nc2c1ncn2[C@@H]1C[C@@H](O)[C@H](CO)O1. The van der Waals surface area contributed by atoms with Crippen LogP contribution in [0.25, 0.3) is 11.2 Å². The van der Waals surface area contributed by atoms with Crippen LogP contribution in [0.4, 0.5) is 5.95 Å². The zero-order valence-electron chi connectivity index (χ0n) is 10.8. The number of rotatable bonds is 3. The van der Waals surface area contributed by atoms with Gasteiger partial charge < -0.3 is 25.4 Å². The molecule has 0 saturated carbocycles. The van der Waals surface area contributed by atoms with Gasteiger partial charge in [0.15, 0.2) is 11.2 Å². The van der Waals surface area contributed by atoms with Crippen LogP contribution in [0.3, 0.4) is 0 Å². The lowest BCUT2D eigenvalue weighted by Crippen LogP contribution is -2.24. The third-order valence-electron chi connectivity index (χ3n) is 3.29. The molecular weight excluding hydrogens is 266 g/mol. The second-order valence-electron chi connectivity index (χ2n) is 4.53. The van der Waals surface area contributed by atoms with Crippen LogP contribution in [0.15, 0.2) is 6.33 Å². The van der Waals surface area contributed by atoms with E-state index in [1.807, 2.05) is 0 Å². The molecule has 9 heteroatoms. The summed E-state index contributed by atoms with van der Waals surface area (Å²) in [5.74, 6) is 0.344. The topological polar surface area (TPSA) is 129 Å². The predicted octanol–water partition coefficient (Wildman–Crippen LogP) is -0.942. The van der Waals surface area contributed by atoms with Crippen molar-refractivity contribution in [2.75, 3.05) is 19.5 Å². The number of nitrogens with two attached hydrogens (primary N) is 1. The molecule has 0 amide bonds. The van der Waals surface area contributed by atoms with E-state index in [9.17, 15) is 5.11 Å². The number of anilines is 1. The van der Waals surface area contributed by atoms with E-state index >= 15 is 0 Å². The van der Waals surface area contributed by atoms with Crippen molar-refractivity contribution in [3.8, 4) is 5.88 Å². The van der Waals surface area contributed by atoms with Crippen LogP contribution in [0.1, 0.15) is 12.6 Å². The van der Waals surface area contributed by atoms with E-state index in [-0.39, 0.29) is 18.4 Å². The average molecular weight is 281 g/mol. The van der Waals surface area contributed by atoms with Crippen molar-refractivity contribution in [1.82, 2.24) is 19.5 Å². The zero-order chi connectivity index (χ0) is 14.3. The van der Waals surface area contributed by atoms with Crippen molar-refractivity contribution >= 4 is 17.1 Å². The number of methoxy groups -OCH3 is 1. The third-order valence-corrected chi connectivity index (χ3v) is 3.29. The number of nitrogens with zero attached hydrogens (tertiary/aromatic N) is 4. The normalized spacial score (nSPS) is 26.2. The summed E-state index contributed by atoms with van der Waals surface area (Å²) >= 11 is 0. The van der Waals surface area contributed by atoms with E-state index in [0.717, 1.165) is 0 Å². The van der Waals surface area contributed by atoms with Gasteiger partial charge in [0.2, 0.25) is 11.8 Å². The van der Waals surface area contributed by atoms with E-state index < -0.39 is 18.4 Å². The molecule has 1 fully saturated rings. The molecule has 0 aliphatic carbocycles. The van der Waals surface area contributed by atoms with E-state index in [4.69, 9.17) is 20.3 Å². The summed E-state index contributed by atoms with van der Waals surface area (Å²) in [5, 5.41) is 18.9. The molecular formula is C11H15N5O4. The minimum atomic E-state index is -0.733. The molecule has 3 heterocycles. The van der Waals surface area contributed by atoms with E-state index in [1.165, 1.54) is 13.4 Å². The van der Waals surface area contributed by atoms with Crippen molar-refractivity contribution in [3.05, 3.63) is 6.33 Å². The fraction of sp³-hybridized carbons (Fsp3) is 0.545. The quantitative estimate of drug-likeness (QED) is 0.657. The summed E-state index contributed by atoms with van der Waals surface area (Å²) < 4.78 is 12.3. The summed E-state index contributed by atoms with van der Waals surface area (Å²) in [5.41, 5.74) is 6.56. The van der Waals surface area contributed by atoms with Crippen molar-refractivity contribution in [2.45, 2.75) is 24.9 Å². The fourth-order valence-corrected chi connectivity index (χ4v) is 2.31. The van der Waals surface area contributed by atoms with Crippen LogP contribution in [-0.4, -0.2) is 55.7 Å². The molecule has 3 rings (SSSR count). The number of ether oxygens (including phenoxy) is 2. The number of fused-ring (bicyclic) bond motifs is 1. The highest BCUT2D eigenvalue weighted by Crippen LogP contribution is 2.32. The minimum absolute atomic E-state index is 0.0633. The van der Waals surface area contributed by atoms with Gasteiger partial charge >= 0.3 is 0 Å². The van der Waals surface area contributed by atoms with Crippen molar-refractivity contribution in [1.29, 1.82) is 0 Å². The first-order chi connectivity index (χ1) is 9.63. The highest BCUT2D eigenvalue weighted by atomic mass is 16.5. The monoisotopic (exact) mass is 281 g/mol. The average Bonchev–Trinajstić information content (AvgIpc) is 3.00. The number of hydrogen-bond acceptors (Lipinski definition) is 8. The molecule has 20 heavy (non-hydrogen) atoms. The van der Waals surface area contributed by atoms with E-state index in [1.54, 1.807) is 4.57 Å². The van der Waals surface area contributed by atoms with Gasteiger partial charge in [-0.1, -0.05) is 0 Å². The van der Waals surface area contributed by atoms with Gasteiger partial charge in [-0.3, -0.25) is 4.57 Å². The first-order valence-corrected chi connectivity index (χ1v) is 6.12. The lowest BCUT2D eigenvalue weighted by Gasteiger charge is -2.13. The summed E-state index contributed by atoms with van der Waals surface area (Å²) in [4.78, 5) is 12.3. The predicted molar refractivity (Wildman–Crippen MR) is 67.9 cm³/mol. The van der Waals surface area contributed by atoms with Crippen LogP contribution >= 0.6 is 0 Å². The highest BCUT2D eigenvalue weighted by molar-refractivity contribution is 5.77. The Morgan fingerprint density at radius 2 is 2.35 bits per heavy atom. The first-order valence-electron chi connectivity index (χ1n) is 6.12. The molecule has 1 aliphatic rings. The Bertz CT molecular complexity index is 631. The summed E-state index contributed by atoms with van der Waals surface area (Å²) in [7, 11) is 1.47. The lowest BCUT2D eigenvalue weighted by atomic mass is 10.2. The second-order valence-corrected chi connectivity index (χ2v) is 4.53. The molecule has 0 spiro atoms. The van der Waals surface area contributed by atoms with E-state index in [2.05, 4.69) is 15.0 Å². The standard InChI is InChI=1S/C11H15N5O4/c1-19-10-8-9(14-11(12)15-10)16(4-13-8)7-2-5(18)6(3-17)20-7/h4-7,17-18H,2-3H2,1H3,(H2,12,14,15)/t5-,6+,7+/m1/s1. The maximum atomic E-state index is 9.78. The molecule has 1 saturated heterocycles. The van der Waals surface area contributed by atoms with Crippen LogP contribution in [0.5, 0.6) is 5.88 Å². The number of aliphatic hydroxyl groups excluding tert-OH is 2. The Balaban J connectivity index is 2.03. The summed E-state index contributed by atoms with van der Waals surface area (Å²) in [6.45, 7) is -0.245. The fourth-order valence-electron chi connectivity index (χ4n) is 2.31. The van der Waals surface area contributed by atoms with Gasteiger partial charge in [-0.15, -0.1) is 0 Å². The molecule has 2 aromatic rings. The van der Waals surface area contributed by atoms with E-state index in [0.29, 0.717) is 17.6 Å². The van der Waals surface area contributed by atoms with Crippen molar-refractivity contribution < 1.29 is 19.7 Å².